The quantitative estimate of drug-likeness (QED) is 0.764. The summed E-state index contributed by atoms with van der Waals surface area (Å²) in [5, 5.41) is 8.83. The molecule has 1 aliphatic rings. The first-order valence-corrected chi connectivity index (χ1v) is 4.98. The van der Waals surface area contributed by atoms with E-state index in [0.717, 1.165) is 4.90 Å². The van der Waals surface area contributed by atoms with Crippen LogP contribution < -0.4 is 0 Å². The number of ether oxygens (including phenoxy) is 1. The highest BCUT2D eigenvalue weighted by atomic mass is 19.3. The zero-order valence-electron chi connectivity index (χ0n) is 9.07. The molecule has 0 saturated carbocycles. The maximum absolute atomic E-state index is 12.8. The van der Waals surface area contributed by atoms with Crippen molar-refractivity contribution in [1.29, 1.82) is 0 Å². The van der Waals surface area contributed by atoms with Gasteiger partial charge in [-0.3, -0.25) is 4.79 Å². The van der Waals surface area contributed by atoms with Gasteiger partial charge in [-0.15, -0.1) is 0 Å². The largest absolute Gasteiger partial charge is 0.481 e. The van der Waals surface area contributed by atoms with Crippen LogP contribution in [-0.2, 0) is 9.53 Å². The van der Waals surface area contributed by atoms with E-state index in [4.69, 9.17) is 5.11 Å². The molecule has 0 aromatic rings. The van der Waals surface area contributed by atoms with Gasteiger partial charge in [0.15, 0.2) is 0 Å². The minimum atomic E-state index is -3.02. The molecule has 0 spiro atoms. The molecule has 1 N–H and O–H groups in total. The van der Waals surface area contributed by atoms with Gasteiger partial charge in [-0.05, 0) is 6.42 Å². The highest BCUT2D eigenvalue weighted by molar-refractivity contribution is 5.78. The summed E-state index contributed by atoms with van der Waals surface area (Å²) in [4.78, 5) is 23.2. The van der Waals surface area contributed by atoms with Crippen LogP contribution in [0.1, 0.15) is 6.42 Å². The maximum atomic E-state index is 12.8. The number of aliphatic carboxylic acids is 1. The Morgan fingerprint density at radius 1 is 1.59 bits per heavy atom. The number of hydrogen-bond acceptors (Lipinski definition) is 3. The lowest BCUT2D eigenvalue weighted by Crippen LogP contribution is -2.42. The van der Waals surface area contributed by atoms with Crippen molar-refractivity contribution in [3.8, 4) is 0 Å². The third-order valence-electron chi connectivity index (χ3n) is 2.73. The third kappa shape index (κ3) is 2.54. The topological polar surface area (TPSA) is 66.8 Å². The van der Waals surface area contributed by atoms with E-state index in [1.807, 2.05) is 0 Å². The van der Waals surface area contributed by atoms with Crippen molar-refractivity contribution >= 4 is 12.1 Å². The average Bonchev–Trinajstić information content (AvgIpc) is 2.72. The number of alkyl halides is 2. The summed E-state index contributed by atoms with van der Waals surface area (Å²) in [6, 6.07) is 0. The fourth-order valence-electron chi connectivity index (χ4n) is 1.66. The van der Waals surface area contributed by atoms with Crippen LogP contribution in [0.4, 0.5) is 13.6 Å². The van der Waals surface area contributed by atoms with E-state index in [1.54, 1.807) is 0 Å². The van der Waals surface area contributed by atoms with Crippen LogP contribution in [0.2, 0.25) is 0 Å². The predicted molar refractivity (Wildman–Crippen MR) is 53.8 cm³/mol. The molecule has 1 rings (SSSR count). The monoisotopic (exact) mass is 249 g/mol. The second kappa shape index (κ2) is 5.11. The smallest absolute Gasteiger partial charge is 0.410 e. The van der Waals surface area contributed by atoms with Crippen molar-refractivity contribution in [3.63, 3.8) is 0 Å². The van der Waals surface area contributed by atoms with Crippen molar-refractivity contribution < 1.29 is 28.2 Å². The zero-order valence-corrected chi connectivity index (χ0v) is 9.07. The second-order valence-electron chi connectivity index (χ2n) is 3.80. The van der Waals surface area contributed by atoms with E-state index < -0.39 is 30.4 Å². The number of rotatable bonds is 4. The van der Waals surface area contributed by atoms with Crippen LogP contribution in [-0.4, -0.2) is 48.2 Å². The first-order valence-electron chi connectivity index (χ1n) is 4.98. The standard InChI is InChI=1S/C10H13F2NO4/c1-2-5-17-9(16)13-4-3-10(6-13,7(11)12)8(14)15/h2,7H,1,3-6H2,(H,14,15). The van der Waals surface area contributed by atoms with Gasteiger partial charge in [-0.25, -0.2) is 13.6 Å². The lowest BCUT2D eigenvalue weighted by molar-refractivity contribution is -0.157. The number of nitrogens with zero attached hydrogens (tertiary/aromatic N) is 1. The normalized spacial score (nSPS) is 23.8. The highest BCUT2D eigenvalue weighted by Gasteiger charge is 2.53. The predicted octanol–water partition coefficient (Wildman–Crippen LogP) is 1.35. The molecule has 0 aromatic carbocycles. The maximum Gasteiger partial charge on any atom is 0.410 e. The fourth-order valence-corrected chi connectivity index (χ4v) is 1.66. The molecular formula is C10H13F2NO4. The summed E-state index contributed by atoms with van der Waals surface area (Å²) < 4.78 is 30.2. The van der Waals surface area contributed by atoms with Gasteiger partial charge in [0.2, 0.25) is 0 Å². The number of likely N-dealkylation sites (tertiary alicyclic amines) is 1. The van der Waals surface area contributed by atoms with Crippen molar-refractivity contribution in [1.82, 2.24) is 4.90 Å². The average molecular weight is 249 g/mol. The van der Waals surface area contributed by atoms with Crippen molar-refractivity contribution in [2.24, 2.45) is 5.41 Å². The van der Waals surface area contributed by atoms with E-state index in [9.17, 15) is 18.4 Å². The van der Waals surface area contributed by atoms with Gasteiger partial charge in [-0.1, -0.05) is 12.7 Å². The molecule has 0 bridgehead atoms. The van der Waals surface area contributed by atoms with Gasteiger partial charge < -0.3 is 14.7 Å². The highest BCUT2D eigenvalue weighted by Crippen LogP contribution is 2.37. The number of carboxylic acid groups (broad SMARTS) is 1. The van der Waals surface area contributed by atoms with Crippen LogP contribution in [0.25, 0.3) is 0 Å². The molecule has 0 aliphatic carbocycles. The van der Waals surface area contributed by atoms with Crippen molar-refractivity contribution in [2.45, 2.75) is 12.8 Å². The van der Waals surface area contributed by atoms with Crippen LogP contribution in [0.5, 0.6) is 0 Å². The Kier molecular flexibility index (Phi) is 4.03. The number of halogens is 2. The van der Waals surface area contributed by atoms with Gasteiger partial charge in [0.05, 0.1) is 0 Å². The molecule has 0 radical (unpaired) electrons. The Morgan fingerprint density at radius 2 is 2.24 bits per heavy atom. The summed E-state index contributed by atoms with van der Waals surface area (Å²) >= 11 is 0. The number of amides is 1. The molecule has 5 nitrogen and oxygen atoms in total. The van der Waals surface area contributed by atoms with Crippen molar-refractivity contribution in [2.75, 3.05) is 19.7 Å². The van der Waals surface area contributed by atoms with E-state index in [-0.39, 0.29) is 19.6 Å². The van der Waals surface area contributed by atoms with Gasteiger partial charge in [0.25, 0.3) is 6.43 Å². The van der Waals surface area contributed by atoms with Crippen molar-refractivity contribution in [3.05, 3.63) is 12.7 Å². The lowest BCUT2D eigenvalue weighted by atomic mass is 9.88. The Labute approximate surface area is 96.7 Å². The van der Waals surface area contributed by atoms with E-state index in [1.165, 1.54) is 6.08 Å². The summed E-state index contributed by atoms with van der Waals surface area (Å²) in [5.74, 6) is -1.59. The molecule has 1 amide bonds. The molecule has 1 saturated heterocycles. The molecule has 1 aliphatic heterocycles. The molecule has 7 heteroatoms. The number of hydrogen-bond donors (Lipinski definition) is 1. The number of carbonyl (C=O) groups excluding carboxylic acids is 1. The second-order valence-corrected chi connectivity index (χ2v) is 3.80. The minimum absolute atomic E-state index is 0.0376. The summed E-state index contributed by atoms with van der Waals surface area (Å²) in [5.41, 5.74) is -2.17. The zero-order chi connectivity index (χ0) is 13.1. The number of carbonyl (C=O) groups is 2. The molecule has 1 heterocycles. The SMILES string of the molecule is C=CCOC(=O)N1CCC(C(=O)O)(C(F)F)C1. The molecular weight excluding hydrogens is 236 g/mol. The number of carboxylic acids is 1. The van der Waals surface area contributed by atoms with E-state index >= 15 is 0 Å². The molecule has 1 fully saturated rings. The summed E-state index contributed by atoms with van der Waals surface area (Å²) in [7, 11) is 0. The lowest BCUT2D eigenvalue weighted by Gasteiger charge is -2.23. The van der Waals surface area contributed by atoms with Crippen LogP contribution in [0.3, 0.4) is 0 Å². The van der Waals surface area contributed by atoms with E-state index in [0.29, 0.717) is 0 Å². The van der Waals surface area contributed by atoms with Gasteiger partial charge in [-0.2, -0.15) is 0 Å². The molecule has 0 aromatic heterocycles. The van der Waals surface area contributed by atoms with Gasteiger partial charge in [0, 0.05) is 13.1 Å². The molecule has 17 heavy (non-hydrogen) atoms. The Bertz CT molecular complexity index is 334. The minimum Gasteiger partial charge on any atom is -0.481 e. The summed E-state index contributed by atoms with van der Waals surface area (Å²) in [6.45, 7) is 2.72. The van der Waals surface area contributed by atoms with Gasteiger partial charge >= 0.3 is 12.1 Å². The molecule has 96 valence electrons. The fraction of sp³-hybridized carbons (Fsp3) is 0.600. The molecule has 1 atom stereocenters. The first kappa shape index (κ1) is 13.4. The Hall–Kier alpha value is -1.66. The van der Waals surface area contributed by atoms with Crippen LogP contribution >= 0.6 is 0 Å². The molecule has 1 unspecified atom stereocenters. The Balaban J connectivity index is 2.70. The van der Waals surface area contributed by atoms with Crippen LogP contribution in [0.15, 0.2) is 12.7 Å². The first-order chi connectivity index (χ1) is 7.94. The Morgan fingerprint density at radius 3 is 2.65 bits per heavy atom. The van der Waals surface area contributed by atoms with E-state index in [2.05, 4.69) is 11.3 Å². The van der Waals surface area contributed by atoms with Gasteiger partial charge in [0.1, 0.15) is 12.0 Å². The van der Waals surface area contributed by atoms with Crippen LogP contribution in [0, 0.1) is 5.41 Å². The summed E-state index contributed by atoms with van der Waals surface area (Å²) in [6.07, 6.45) is -2.75. The third-order valence-corrected chi connectivity index (χ3v) is 2.73.